The van der Waals surface area contributed by atoms with Gasteiger partial charge in [0.05, 0.1) is 6.04 Å². The fourth-order valence-electron chi connectivity index (χ4n) is 0.326. The van der Waals surface area contributed by atoms with Gasteiger partial charge in [-0.05, 0) is 12.5 Å². The second kappa shape index (κ2) is 3.89. The summed E-state index contributed by atoms with van der Waals surface area (Å²) in [6.07, 6.45) is 1.99. The SMILES string of the molecule is C=C=CC[C@@H](N)C(N)=O. The van der Waals surface area contributed by atoms with E-state index < -0.39 is 11.9 Å². The molecule has 0 unspecified atom stereocenters. The fourth-order valence-corrected chi connectivity index (χ4v) is 0.326. The van der Waals surface area contributed by atoms with Crippen LogP contribution in [-0.4, -0.2) is 11.9 Å². The Morgan fingerprint density at radius 2 is 2.44 bits per heavy atom. The Bertz CT molecular complexity index is 147. The molecule has 0 aromatic carbocycles. The molecule has 0 rings (SSSR count). The molecule has 0 bridgehead atoms. The molecule has 0 aliphatic heterocycles. The molecular weight excluding hydrogens is 116 g/mol. The van der Waals surface area contributed by atoms with Gasteiger partial charge in [0.2, 0.25) is 5.91 Å². The predicted molar refractivity (Wildman–Crippen MR) is 35.5 cm³/mol. The number of carbonyl (C=O) groups excluding carboxylic acids is 1. The van der Waals surface area contributed by atoms with Gasteiger partial charge in [-0.1, -0.05) is 6.58 Å². The normalized spacial score (nSPS) is 11.7. The van der Waals surface area contributed by atoms with Crippen LogP contribution in [0.15, 0.2) is 18.4 Å². The van der Waals surface area contributed by atoms with Crippen molar-refractivity contribution in [2.45, 2.75) is 12.5 Å². The van der Waals surface area contributed by atoms with Crippen LogP contribution in [-0.2, 0) is 4.79 Å². The number of hydrogen-bond acceptors (Lipinski definition) is 2. The third-order valence-electron chi connectivity index (χ3n) is 0.882. The molecule has 0 heterocycles. The summed E-state index contributed by atoms with van der Waals surface area (Å²) in [6, 6.07) is -0.598. The first-order valence-electron chi connectivity index (χ1n) is 2.57. The first-order valence-corrected chi connectivity index (χ1v) is 2.57. The predicted octanol–water partition coefficient (Wildman–Crippen LogP) is -0.470. The third-order valence-corrected chi connectivity index (χ3v) is 0.882. The van der Waals surface area contributed by atoms with E-state index in [2.05, 4.69) is 12.3 Å². The van der Waals surface area contributed by atoms with Gasteiger partial charge in [-0.25, -0.2) is 0 Å². The van der Waals surface area contributed by atoms with Gasteiger partial charge in [0, 0.05) is 0 Å². The Morgan fingerprint density at radius 3 is 2.78 bits per heavy atom. The van der Waals surface area contributed by atoms with Crippen LogP contribution in [0.25, 0.3) is 0 Å². The van der Waals surface area contributed by atoms with Crippen molar-refractivity contribution in [3.63, 3.8) is 0 Å². The molecular formula is C6H10N2O. The lowest BCUT2D eigenvalue weighted by Gasteiger charge is -1.99. The summed E-state index contributed by atoms with van der Waals surface area (Å²) in [6.45, 7) is 3.30. The zero-order valence-electron chi connectivity index (χ0n) is 5.13. The third kappa shape index (κ3) is 3.53. The van der Waals surface area contributed by atoms with Crippen molar-refractivity contribution >= 4 is 5.91 Å². The molecule has 4 N–H and O–H groups in total. The van der Waals surface area contributed by atoms with Gasteiger partial charge in [-0.15, -0.1) is 5.73 Å². The molecule has 0 saturated carbocycles. The molecule has 3 nitrogen and oxygen atoms in total. The van der Waals surface area contributed by atoms with Crippen molar-refractivity contribution in [3.8, 4) is 0 Å². The van der Waals surface area contributed by atoms with Crippen molar-refractivity contribution in [2.75, 3.05) is 0 Å². The van der Waals surface area contributed by atoms with E-state index in [1.165, 1.54) is 0 Å². The smallest absolute Gasteiger partial charge is 0.234 e. The van der Waals surface area contributed by atoms with Crippen molar-refractivity contribution < 1.29 is 4.79 Å². The Kier molecular flexibility index (Phi) is 3.44. The highest BCUT2D eigenvalue weighted by molar-refractivity contribution is 5.79. The van der Waals surface area contributed by atoms with E-state index in [1.807, 2.05) is 0 Å². The van der Waals surface area contributed by atoms with Crippen molar-refractivity contribution in [3.05, 3.63) is 18.4 Å². The highest BCUT2D eigenvalue weighted by Crippen LogP contribution is 1.85. The molecule has 9 heavy (non-hydrogen) atoms. The lowest BCUT2D eigenvalue weighted by molar-refractivity contribution is -0.119. The fraction of sp³-hybridized carbons (Fsp3) is 0.333. The molecule has 0 aliphatic rings. The van der Waals surface area contributed by atoms with Crippen molar-refractivity contribution in [2.24, 2.45) is 11.5 Å². The van der Waals surface area contributed by atoms with E-state index in [9.17, 15) is 4.79 Å². The van der Waals surface area contributed by atoms with Gasteiger partial charge in [-0.2, -0.15) is 0 Å². The maximum absolute atomic E-state index is 10.2. The number of amides is 1. The molecule has 0 radical (unpaired) electrons. The molecule has 0 spiro atoms. The Balaban J connectivity index is 3.63. The average molecular weight is 126 g/mol. The summed E-state index contributed by atoms with van der Waals surface area (Å²) in [4.78, 5) is 10.2. The molecule has 0 aliphatic carbocycles. The lowest BCUT2D eigenvalue weighted by atomic mass is 10.2. The topological polar surface area (TPSA) is 69.1 Å². The Hall–Kier alpha value is -1.05. The number of carbonyl (C=O) groups is 1. The zero-order valence-corrected chi connectivity index (χ0v) is 5.13. The molecule has 1 atom stereocenters. The highest BCUT2D eigenvalue weighted by atomic mass is 16.1. The first-order chi connectivity index (χ1) is 4.18. The van der Waals surface area contributed by atoms with Crippen LogP contribution in [0.3, 0.4) is 0 Å². The minimum Gasteiger partial charge on any atom is -0.368 e. The van der Waals surface area contributed by atoms with Gasteiger partial charge in [0.25, 0.3) is 0 Å². The van der Waals surface area contributed by atoms with Gasteiger partial charge in [0.15, 0.2) is 0 Å². The number of primary amides is 1. The first kappa shape index (κ1) is 7.95. The molecule has 1 amide bonds. The Labute approximate surface area is 54.0 Å². The molecule has 0 aromatic heterocycles. The van der Waals surface area contributed by atoms with Crippen LogP contribution >= 0.6 is 0 Å². The highest BCUT2D eigenvalue weighted by Gasteiger charge is 2.04. The zero-order chi connectivity index (χ0) is 7.28. The van der Waals surface area contributed by atoms with Gasteiger partial charge in [-0.3, -0.25) is 4.79 Å². The monoisotopic (exact) mass is 126 g/mol. The van der Waals surface area contributed by atoms with Crippen LogP contribution < -0.4 is 11.5 Å². The minimum absolute atomic E-state index is 0.416. The summed E-state index contributed by atoms with van der Waals surface area (Å²) in [5, 5.41) is 0. The molecule has 0 fully saturated rings. The number of nitrogens with two attached hydrogens (primary N) is 2. The largest absolute Gasteiger partial charge is 0.368 e. The van der Waals surface area contributed by atoms with E-state index in [0.29, 0.717) is 6.42 Å². The van der Waals surface area contributed by atoms with Crippen LogP contribution in [0, 0.1) is 0 Å². The maximum Gasteiger partial charge on any atom is 0.234 e. The summed E-state index contributed by atoms with van der Waals surface area (Å²) in [7, 11) is 0. The molecule has 50 valence electrons. The quantitative estimate of drug-likeness (QED) is 0.502. The number of hydrogen-bond donors (Lipinski definition) is 2. The van der Waals surface area contributed by atoms with Crippen molar-refractivity contribution in [1.29, 1.82) is 0 Å². The minimum atomic E-state index is -0.598. The van der Waals surface area contributed by atoms with Crippen LogP contribution in [0.1, 0.15) is 6.42 Å². The summed E-state index contributed by atoms with van der Waals surface area (Å²) in [5.74, 6) is -0.499. The lowest BCUT2D eigenvalue weighted by Crippen LogP contribution is -2.35. The van der Waals surface area contributed by atoms with Crippen LogP contribution in [0.2, 0.25) is 0 Å². The summed E-state index contributed by atoms with van der Waals surface area (Å²) in [5.41, 5.74) is 12.6. The summed E-state index contributed by atoms with van der Waals surface area (Å²) >= 11 is 0. The van der Waals surface area contributed by atoms with E-state index >= 15 is 0 Å². The van der Waals surface area contributed by atoms with Gasteiger partial charge in [0.1, 0.15) is 0 Å². The number of rotatable bonds is 3. The molecule has 0 aromatic rings. The Morgan fingerprint density at radius 1 is 1.89 bits per heavy atom. The second-order valence-corrected chi connectivity index (χ2v) is 1.65. The van der Waals surface area contributed by atoms with Gasteiger partial charge >= 0.3 is 0 Å². The van der Waals surface area contributed by atoms with Crippen LogP contribution in [0.4, 0.5) is 0 Å². The van der Waals surface area contributed by atoms with E-state index in [0.717, 1.165) is 0 Å². The molecule has 3 heteroatoms. The van der Waals surface area contributed by atoms with E-state index in [-0.39, 0.29) is 0 Å². The van der Waals surface area contributed by atoms with E-state index in [4.69, 9.17) is 11.5 Å². The maximum atomic E-state index is 10.2. The van der Waals surface area contributed by atoms with Crippen molar-refractivity contribution in [1.82, 2.24) is 0 Å². The standard InChI is InChI=1S/C6H10N2O/c1-2-3-4-5(7)6(8)9/h3,5H,1,4,7H2,(H2,8,9)/t5-/m1/s1. The van der Waals surface area contributed by atoms with E-state index in [1.54, 1.807) is 6.08 Å². The van der Waals surface area contributed by atoms with Crippen LogP contribution in [0.5, 0.6) is 0 Å². The summed E-state index contributed by atoms with van der Waals surface area (Å²) < 4.78 is 0. The molecule has 0 saturated heterocycles. The average Bonchev–Trinajstić information content (AvgIpc) is 1.82. The second-order valence-electron chi connectivity index (χ2n) is 1.65. The van der Waals surface area contributed by atoms with Gasteiger partial charge < -0.3 is 11.5 Å².